The van der Waals surface area contributed by atoms with E-state index >= 15 is 0 Å². The molecule has 1 amide bonds. The second kappa shape index (κ2) is 6.87. The fraction of sp³-hybridized carbons (Fsp3) is 0.615. The van der Waals surface area contributed by atoms with E-state index in [4.69, 9.17) is 0 Å². The number of sulfonamides is 1. The monoisotopic (exact) mass is 331 g/mol. The van der Waals surface area contributed by atoms with Crippen LogP contribution in [0.4, 0.5) is 0 Å². The van der Waals surface area contributed by atoms with E-state index in [0.29, 0.717) is 36.8 Å². The molecule has 1 aromatic heterocycles. The van der Waals surface area contributed by atoms with Gasteiger partial charge in [0.05, 0.1) is 0 Å². The first-order chi connectivity index (χ1) is 9.91. The molecule has 1 aliphatic heterocycles. The van der Waals surface area contributed by atoms with Gasteiger partial charge in [0.2, 0.25) is 5.91 Å². The van der Waals surface area contributed by atoms with Crippen molar-refractivity contribution in [3.05, 3.63) is 17.0 Å². The molecule has 2 heterocycles. The average Bonchev–Trinajstić information content (AvgIpc) is 2.88. The maximum atomic E-state index is 12.6. The molecule has 6 nitrogen and oxygen atoms in total. The average molecular weight is 331 g/mol. The maximum absolute atomic E-state index is 12.6. The molecule has 0 spiro atoms. The number of hydrogen-bond acceptors (Lipinski definition) is 5. The summed E-state index contributed by atoms with van der Waals surface area (Å²) >= 11 is 1.29. The van der Waals surface area contributed by atoms with Crippen LogP contribution in [0.2, 0.25) is 0 Å². The van der Waals surface area contributed by atoms with Gasteiger partial charge in [0.25, 0.3) is 10.0 Å². The molecule has 0 saturated carbocycles. The van der Waals surface area contributed by atoms with E-state index in [2.05, 4.69) is 10.6 Å². The quantitative estimate of drug-likeness (QED) is 0.819. The normalized spacial score (nSPS) is 20.4. The second-order valence-electron chi connectivity index (χ2n) is 5.12. The van der Waals surface area contributed by atoms with E-state index in [1.807, 2.05) is 13.0 Å². The first-order valence-electron chi connectivity index (χ1n) is 6.97. The third-order valence-electron chi connectivity index (χ3n) is 3.39. The molecule has 1 saturated heterocycles. The highest BCUT2D eigenvalue weighted by molar-refractivity contribution is 7.91. The molecular formula is C13H21N3O3S2. The molecule has 21 heavy (non-hydrogen) atoms. The van der Waals surface area contributed by atoms with Crippen molar-refractivity contribution in [3.63, 3.8) is 0 Å². The number of nitrogens with one attached hydrogen (secondary N) is 2. The van der Waals surface area contributed by atoms with E-state index in [1.165, 1.54) is 18.3 Å². The van der Waals surface area contributed by atoms with E-state index in [-0.39, 0.29) is 11.9 Å². The Kier molecular flexibility index (Phi) is 5.37. The van der Waals surface area contributed by atoms with Gasteiger partial charge < -0.3 is 10.6 Å². The van der Waals surface area contributed by atoms with Crippen LogP contribution in [0, 0.1) is 0 Å². The van der Waals surface area contributed by atoms with Crippen molar-refractivity contribution in [2.45, 2.75) is 30.5 Å². The Morgan fingerprint density at radius 2 is 2.29 bits per heavy atom. The number of carbonyl (C=O) groups is 1. The van der Waals surface area contributed by atoms with Crippen LogP contribution in [0.25, 0.3) is 0 Å². The summed E-state index contributed by atoms with van der Waals surface area (Å²) in [5.74, 6) is -0.0750. The smallest absolute Gasteiger partial charge is 0.252 e. The molecule has 2 rings (SSSR count). The lowest BCUT2D eigenvalue weighted by atomic mass is 10.3. The molecule has 1 aliphatic rings. The summed E-state index contributed by atoms with van der Waals surface area (Å²) < 4.78 is 27.2. The Labute approximate surface area is 129 Å². The molecule has 8 heteroatoms. The van der Waals surface area contributed by atoms with Crippen molar-refractivity contribution in [2.24, 2.45) is 0 Å². The Bertz CT molecular complexity index is 598. The number of rotatable bonds is 5. The molecule has 0 radical (unpaired) electrons. The van der Waals surface area contributed by atoms with Crippen LogP contribution >= 0.6 is 11.3 Å². The number of amides is 1. The molecule has 1 aromatic rings. The maximum Gasteiger partial charge on any atom is 0.252 e. The van der Waals surface area contributed by atoms with Gasteiger partial charge in [-0.05, 0) is 25.5 Å². The predicted octanol–water partition coefficient (Wildman–Crippen LogP) is 0.409. The van der Waals surface area contributed by atoms with Gasteiger partial charge in [-0.2, -0.15) is 4.31 Å². The lowest BCUT2D eigenvalue weighted by Crippen LogP contribution is -2.51. The van der Waals surface area contributed by atoms with Crippen molar-refractivity contribution >= 4 is 27.3 Å². The molecule has 1 fully saturated rings. The van der Waals surface area contributed by atoms with E-state index in [1.54, 1.807) is 10.4 Å². The summed E-state index contributed by atoms with van der Waals surface area (Å²) in [5.41, 5.74) is 0. The Hall–Kier alpha value is -0.960. The Morgan fingerprint density at radius 1 is 1.52 bits per heavy atom. The van der Waals surface area contributed by atoms with Crippen LogP contribution < -0.4 is 10.6 Å². The molecule has 118 valence electrons. The zero-order valence-electron chi connectivity index (χ0n) is 12.3. The number of nitrogens with zero attached hydrogens (tertiary/aromatic N) is 1. The molecule has 0 aliphatic carbocycles. The standard InChI is InChI=1S/C13H21N3O3S2/c1-10-9-14-7-8-16(10)21(18,19)13-4-3-12(20-13)5-6-15-11(2)17/h3-4,10,14H,5-9H2,1-2H3,(H,15,17)/t10-/m1/s1. The van der Waals surface area contributed by atoms with Gasteiger partial charge in [-0.1, -0.05) is 0 Å². The number of piperazine rings is 1. The van der Waals surface area contributed by atoms with Gasteiger partial charge in [0.15, 0.2) is 0 Å². The molecule has 0 unspecified atom stereocenters. The molecular weight excluding hydrogens is 310 g/mol. The molecule has 2 N–H and O–H groups in total. The van der Waals surface area contributed by atoms with Gasteiger partial charge in [-0.3, -0.25) is 4.79 Å². The summed E-state index contributed by atoms with van der Waals surface area (Å²) in [7, 11) is -3.41. The minimum absolute atomic E-state index is 0.0336. The number of carbonyl (C=O) groups excluding carboxylic acids is 1. The van der Waals surface area contributed by atoms with Crippen LogP contribution in [0.15, 0.2) is 16.3 Å². The van der Waals surface area contributed by atoms with Gasteiger partial charge >= 0.3 is 0 Å². The van der Waals surface area contributed by atoms with Crippen LogP contribution in [0.1, 0.15) is 18.7 Å². The summed E-state index contributed by atoms with van der Waals surface area (Å²) in [4.78, 5) is 11.8. The fourth-order valence-electron chi connectivity index (χ4n) is 2.29. The summed E-state index contributed by atoms with van der Waals surface area (Å²) in [6, 6.07) is 3.46. The summed E-state index contributed by atoms with van der Waals surface area (Å²) in [6.07, 6.45) is 0.650. The van der Waals surface area contributed by atoms with Crippen LogP contribution in [-0.4, -0.2) is 50.9 Å². The highest BCUT2D eigenvalue weighted by Gasteiger charge is 2.31. The van der Waals surface area contributed by atoms with Gasteiger partial charge in [0.1, 0.15) is 4.21 Å². The van der Waals surface area contributed by atoms with Crippen molar-refractivity contribution < 1.29 is 13.2 Å². The minimum Gasteiger partial charge on any atom is -0.356 e. The first-order valence-corrected chi connectivity index (χ1v) is 9.22. The van der Waals surface area contributed by atoms with Gasteiger partial charge in [0, 0.05) is 44.0 Å². The minimum atomic E-state index is -3.41. The number of hydrogen-bond donors (Lipinski definition) is 2. The van der Waals surface area contributed by atoms with Crippen molar-refractivity contribution in [1.82, 2.24) is 14.9 Å². The highest BCUT2D eigenvalue weighted by atomic mass is 32.2. The topological polar surface area (TPSA) is 78.5 Å². The first kappa shape index (κ1) is 16.4. The van der Waals surface area contributed by atoms with Crippen molar-refractivity contribution in [2.75, 3.05) is 26.2 Å². The van der Waals surface area contributed by atoms with E-state index < -0.39 is 10.0 Å². The molecule has 0 aromatic carbocycles. The lowest BCUT2D eigenvalue weighted by Gasteiger charge is -2.32. The van der Waals surface area contributed by atoms with E-state index in [9.17, 15) is 13.2 Å². The zero-order chi connectivity index (χ0) is 15.5. The summed E-state index contributed by atoms with van der Waals surface area (Å²) in [5, 5.41) is 5.90. The third-order valence-corrected chi connectivity index (χ3v) is 7.01. The molecule has 1 atom stereocenters. The van der Waals surface area contributed by atoms with Gasteiger partial charge in [-0.15, -0.1) is 11.3 Å². The Balaban J connectivity index is 2.06. The van der Waals surface area contributed by atoms with Gasteiger partial charge in [-0.25, -0.2) is 8.42 Å². The summed E-state index contributed by atoms with van der Waals surface area (Å²) in [6.45, 7) is 5.78. The lowest BCUT2D eigenvalue weighted by molar-refractivity contribution is -0.118. The second-order valence-corrected chi connectivity index (χ2v) is 8.41. The largest absolute Gasteiger partial charge is 0.356 e. The van der Waals surface area contributed by atoms with Crippen LogP contribution in [-0.2, 0) is 21.2 Å². The third kappa shape index (κ3) is 4.03. The fourth-order valence-corrected chi connectivity index (χ4v) is 5.40. The SMILES string of the molecule is CC(=O)NCCc1ccc(S(=O)(=O)N2CCNC[C@H]2C)s1. The molecule has 0 bridgehead atoms. The highest BCUT2D eigenvalue weighted by Crippen LogP contribution is 2.26. The van der Waals surface area contributed by atoms with Crippen molar-refractivity contribution in [1.29, 1.82) is 0 Å². The van der Waals surface area contributed by atoms with E-state index in [0.717, 1.165) is 4.88 Å². The van der Waals surface area contributed by atoms with Crippen molar-refractivity contribution in [3.8, 4) is 0 Å². The Morgan fingerprint density at radius 3 is 2.95 bits per heavy atom. The van der Waals surface area contributed by atoms with Crippen LogP contribution in [0.5, 0.6) is 0 Å². The predicted molar refractivity (Wildman–Crippen MR) is 82.9 cm³/mol. The number of thiophene rings is 1. The zero-order valence-corrected chi connectivity index (χ0v) is 13.9. The van der Waals surface area contributed by atoms with Crippen LogP contribution in [0.3, 0.4) is 0 Å².